The molecule has 3 rings (SSSR count). The van der Waals surface area contributed by atoms with Gasteiger partial charge in [-0.2, -0.15) is 0 Å². The molecule has 0 spiro atoms. The van der Waals surface area contributed by atoms with E-state index in [1.165, 1.54) is 28.0 Å². The van der Waals surface area contributed by atoms with Gasteiger partial charge in [-0.1, -0.05) is 0 Å². The van der Waals surface area contributed by atoms with E-state index in [1.54, 1.807) is 24.1 Å². The number of carbonyl (C=O) groups excluding carboxylic acids is 3. The number of rotatable bonds is 5. The second-order valence-corrected chi connectivity index (χ2v) is 10.6. The van der Waals surface area contributed by atoms with Crippen LogP contribution in [-0.2, 0) is 19.6 Å². The molecule has 0 radical (unpaired) electrons. The van der Waals surface area contributed by atoms with Crippen LogP contribution in [0.25, 0.3) is 0 Å². The number of fused-ring (bicyclic) bond motifs is 1. The molecule has 158 valence electrons. The van der Waals surface area contributed by atoms with Crippen LogP contribution in [-0.4, -0.2) is 67.6 Å². The topological polar surface area (TPSA) is 122 Å². The van der Waals surface area contributed by atoms with Crippen LogP contribution < -0.4 is 10.6 Å². The van der Waals surface area contributed by atoms with Crippen LogP contribution >= 0.6 is 23.1 Å². The van der Waals surface area contributed by atoms with E-state index < -0.39 is 22.0 Å². The first-order chi connectivity index (χ1) is 13.7. The molecular formula is C17H21N3O6S3. The monoisotopic (exact) mass is 459 g/mol. The number of sulfonamides is 1. The van der Waals surface area contributed by atoms with Crippen LogP contribution in [0.1, 0.15) is 23.7 Å². The van der Waals surface area contributed by atoms with Gasteiger partial charge in [0.2, 0.25) is 10.0 Å². The highest BCUT2D eigenvalue weighted by Crippen LogP contribution is 2.39. The zero-order chi connectivity index (χ0) is 21.2. The Morgan fingerprint density at radius 1 is 1.31 bits per heavy atom. The van der Waals surface area contributed by atoms with E-state index in [2.05, 4.69) is 10.6 Å². The Kier molecular flexibility index (Phi) is 6.66. The number of imide groups is 1. The lowest BCUT2D eigenvalue weighted by Crippen LogP contribution is -2.41. The fourth-order valence-electron chi connectivity index (χ4n) is 3.17. The maximum atomic E-state index is 12.8. The van der Waals surface area contributed by atoms with Gasteiger partial charge in [0.1, 0.15) is 5.00 Å². The Balaban J connectivity index is 1.70. The molecule has 9 nitrogen and oxygen atoms in total. The van der Waals surface area contributed by atoms with Gasteiger partial charge < -0.3 is 10.1 Å². The number of thioether (sulfide) groups is 1. The summed E-state index contributed by atoms with van der Waals surface area (Å²) in [6, 6.07) is 1.52. The molecule has 1 aromatic heterocycles. The molecule has 1 aromatic rings. The molecule has 0 saturated carbocycles. The molecule has 3 amide bonds. The number of nitrogens with one attached hydrogen (secondary N) is 2. The van der Waals surface area contributed by atoms with Crippen molar-refractivity contribution in [2.24, 2.45) is 0 Å². The molecule has 0 aromatic carbocycles. The number of alkyl carbamates (subject to hydrolysis) is 1. The predicted octanol–water partition coefficient (Wildman–Crippen LogP) is 1.65. The first kappa shape index (κ1) is 21.8. The fraction of sp³-hybridized carbons (Fsp3) is 0.471. The zero-order valence-electron chi connectivity index (χ0n) is 15.9. The van der Waals surface area contributed by atoms with Crippen molar-refractivity contribution < 1.29 is 27.5 Å². The maximum Gasteiger partial charge on any atom is 0.414 e. The van der Waals surface area contributed by atoms with Gasteiger partial charge in [-0.3, -0.25) is 14.9 Å². The molecule has 12 heteroatoms. The Morgan fingerprint density at radius 3 is 2.76 bits per heavy atom. The molecule has 1 unspecified atom stereocenters. The van der Waals surface area contributed by atoms with Gasteiger partial charge >= 0.3 is 6.09 Å². The van der Waals surface area contributed by atoms with Crippen LogP contribution in [0, 0.1) is 0 Å². The Bertz CT molecular complexity index is 969. The number of anilines is 1. The molecule has 29 heavy (non-hydrogen) atoms. The average molecular weight is 460 g/mol. The van der Waals surface area contributed by atoms with Crippen LogP contribution in [0.15, 0.2) is 22.6 Å². The summed E-state index contributed by atoms with van der Waals surface area (Å²) in [4.78, 5) is 36.5. The Labute approximate surface area is 176 Å². The smallest absolute Gasteiger partial charge is 0.414 e. The van der Waals surface area contributed by atoms with Gasteiger partial charge in [0, 0.05) is 29.7 Å². The molecule has 2 aliphatic heterocycles. The number of hydrogen-bond acceptors (Lipinski definition) is 8. The van der Waals surface area contributed by atoms with Crippen molar-refractivity contribution in [3.63, 3.8) is 0 Å². The molecule has 1 atom stereocenters. The van der Waals surface area contributed by atoms with Crippen molar-refractivity contribution in [2.75, 3.05) is 37.0 Å². The number of carbonyl (C=O) groups is 3. The van der Waals surface area contributed by atoms with Gasteiger partial charge in [0.05, 0.1) is 18.4 Å². The van der Waals surface area contributed by atoms with Crippen LogP contribution in [0.3, 0.4) is 0 Å². The summed E-state index contributed by atoms with van der Waals surface area (Å²) < 4.78 is 29.7. The maximum absolute atomic E-state index is 12.8. The zero-order valence-corrected chi connectivity index (χ0v) is 18.3. The lowest BCUT2D eigenvalue weighted by molar-refractivity contribution is -0.112. The van der Waals surface area contributed by atoms with Gasteiger partial charge in [-0.25, -0.2) is 17.5 Å². The highest BCUT2D eigenvalue weighted by atomic mass is 32.2. The van der Waals surface area contributed by atoms with Crippen molar-refractivity contribution in [1.82, 2.24) is 9.62 Å². The van der Waals surface area contributed by atoms with E-state index in [4.69, 9.17) is 4.74 Å². The summed E-state index contributed by atoms with van der Waals surface area (Å²) in [5.74, 6) is -0.479. The summed E-state index contributed by atoms with van der Waals surface area (Å²) in [5, 5.41) is 6.81. The number of amides is 3. The summed E-state index contributed by atoms with van der Waals surface area (Å²) in [5.41, 5.74) is 1.76. The number of ether oxygens (including phenoxy) is 1. The third-order valence-corrected chi connectivity index (χ3v) is 7.97. The first-order valence-corrected chi connectivity index (χ1v) is 12.6. The minimum absolute atomic E-state index is 0.0332. The quantitative estimate of drug-likeness (QED) is 0.686. The van der Waals surface area contributed by atoms with Crippen LogP contribution in [0.5, 0.6) is 0 Å². The number of hydrogen-bond donors (Lipinski definition) is 2. The lowest BCUT2D eigenvalue weighted by atomic mass is 9.99. The minimum atomic E-state index is -3.26. The highest BCUT2D eigenvalue weighted by molar-refractivity contribution is 8.00. The normalized spacial score (nSPS) is 19.6. The van der Waals surface area contributed by atoms with Crippen LogP contribution in [0.4, 0.5) is 9.80 Å². The van der Waals surface area contributed by atoms with Crippen molar-refractivity contribution in [3.05, 3.63) is 28.2 Å². The summed E-state index contributed by atoms with van der Waals surface area (Å²) in [6.45, 7) is 2.48. The fourth-order valence-corrected chi connectivity index (χ4v) is 6.32. The standard InChI is InChI=1S/C17H21N3O6S3/c1-3-26-17(23)19-14(21)11-5-7-27-16(11)18-15(22)12-9-28-13-8-20(29(2,24)25)6-4-10(12)13/h5,7,13H,3-4,6,8-9H2,1-2H3,(H,18,22)(H,19,21,23). The molecule has 3 heterocycles. The highest BCUT2D eigenvalue weighted by Gasteiger charge is 2.37. The Morgan fingerprint density at radius 2 is 2.07 bits per heavy atom. The number of nitrogens with zero attached hydrogens (tertiary/aromatic N) is 1. The van der Waals surface area contributed by atoms with E-state index in [0.29, 0.717) is 35.8 Å². The third kappa shape index (κ3) is 5.00. The SMILES string of the molecule is CCOC(=O)NC(=O)c1ccsc1NC(=O)C1=C2CCN(S(C)(=O)=O)CC2SC1. The van der Waals surface area contributed by atoms with E-state index in [-0.39, 0.29) is 23.3 Å². The molecule has 1 fully saturated rings. The second-order valence-electron chi connectivity index (χ2n) is 6.47. The van der Waals surface area contributed by atoms with Crippen LogP contribution in [0.2, 0.25) is 0 Å². The van der Waals surface area contributed by atoms with Gasteiger partial charge in [0.15, 0.2) is 0 Å². The number of thiophene rings is 1. The minimum Gasteiger partial charge on any atom is -0.450 e. The largest absolute Gasteiger partial charge is 0.450 e. The van der Waals surface area contributed by atoms with E-state index >= 15 is 0 Å². The van der Waals surface area contributed by atoms with Crippen molar-refractivity contribution in [3.8, 4) is 0 Å². The van der Waals surface area contributed by atoms with Crippen molar-refractivity contribution in [2.45, 2.75) is 18.6 Å². The molecule has 0 bridgehead atoms. The first-order valence-electron chi connectivity index (χ1n) is 8.86. The van der Waals surface area contributed by atoms with Gasteiger partial charge in [0.25, 0.3) is 11.8 Å². The van der Waals surface area contributed by atoms with E-state index in [1.807, 2.05) is 0 Å². The van der Waals surface area contributed by atoms with Gasteiger partial charge in [-0.05, 0) is 30.4 Å². The molecular weight excluding hydrogens is 438 g/mol. The lowest BCUT2D eigenvalue weighted by Gasteiger charge is -2.30. The van der Waals surface area contributed by atoms with E-state index in [0.717, 1.165) is 5.57 Å². The van der Waals surface area contributed by atoms with E-state index in [9.17, 15) is 22.8 Å². The molecule has 0 aliphatic carbocycles. The third-order valence-electron chi connectivity index (χ3n) is 4.58. The predicted molar refractivity (Wildman–Crippen MR) is 112 cm³/mol. The van der Waals surface area contributed by atoms with Crippen molar-refractivity contribution >= 4 is 56.0 Å². The summed E-state index contributed by atoms with van der Waals surface area (Å²) in [7, 11) is -3.26. The summed E-state index contributed by atoms with van der Waals surface area (Å²) >= 11 is 2.72. The Hall–Kier alpha value is -1.89. The number of piperidine rings is 1. The summed E-state index contributed by atoms with van der Waals surface area (Å²) in [6.07, 6.45) is 0.849. The molecule has 2 aliphatic rings. The average Bonchev–Trinajstić information content (AvgIpc) is 3.27. The molecule has 2 N–H and O–H groups in total. The van der Waals surface area contributed by atoms with Gasteiger partial charge in [-0.15, -0.1) is 23.1 Å². The second kappa shape index (κ2) is 8.86. The van der Waals surface area contributed by atoms with Crippen molar-refractivity contribution in [1.29, 1.82) is 0 Å². The molecule has 1 saturated heterocycles.